The van der Waals surface area contributed by atoms with Crippen molar-refractivity contribution >= 4 is 17.5 Å². The number of anilines is 1. The molecule has 1 aliphatic carbocycles. The lowest BCUT2D eigenvalue weighted by atomic mass is 9.85. The van der Waals surface area contributed by atoms with Crippen LogP contribution in [-0.2, 0) is 9.59 Å². The number of amides is 2. The van der Waals surface area contributed by atoms with Crippen molar-refractivity contribution in [3.63, 3.8) is 0 Å². The Kier molecular flexibility index (Phi) is 6.57. The van der Waals surface area contributed by atoms with E-state index in [0.29, 0.717) is 11.4 Å². The van der Waals surface area contributed by atoms with Crippen molar-refractivity contribution in [3.8, 4) is 5.75 Å². The first-order chi connectivity index (χ1) is 13.8. The Morgan fingerprint density at radius 3 is 2.45 bits per heavy atom. The van der Waals surface area contributed by atoms with Crippen molar-refractivity contribution in [2.24, 2.45) is 11.3 Å². The van der Waals surface area contributed by atoms with Gasteiger partial charge in [-0.15, -0.1) is 0 Å². The third-order valence-corrected chi connectivity index (χ3v) is 4.77. The van der Waals surface area contributed by atoms with Crippen molar-refractivity contribution in [2.45, 2.75) is 46.1 Å². The van der Waals surface area contributed by atoms with E-state index in [1.807, 2.05) is 42.5 Å². The van der Waals surface area contributed by atoms with Crippen LogP contribution in [-0.4, -0.2) is 18.4 Å². The quantitative estimate of drug-likeness (QED) is 0.681. The maximum atomic E-state index is 12.5. The van der Waals surface area contributed by atoms with Crippen LogP contribution in [0.3, 0.4) is 0 Å². The highest BCUT2D eigenvalue weighted by Crippen LogP contribution is 2.31. The molecule has 3 rings (SSSR count). The number of rotatable bonds is 8. The minimum atomic E-state index is -0.171. The van der Waals surface area contributed by atoms with Crippen LogP contribution in [0.1, 0.15) is 51.6 Å². The predicted molar refractivity (Wildman–Crippen MR) is 115 cm³/mol. The molecule has 2 aromatic rings. The minimum Gasteiger partial charge on any atom is -0.484 e. The second-order valence-electron chi connectivity index (χ2n) is 8.88. The highest BCUT2D eigenvalue weighted by molar-refractivity contribution is 5.94. The summed E-state index contributed by atoms with van der Waals surface area (Å²) in [5.74, 6) is 0.576. The molecule has 0 bridgehead atoms. The van der Waals surface area contributed by atoms with E-state index in [4.69, 9.17) is 4.74 Å². The van der Waals surface area contributed by atoms with E-state index < -0.39 is 0 Å². The van der Waals surface area contributed by atoms with Crippen LogP contribution in [0.15, 0.2) is 54.6 Å². The molecule has 0 saturated heterocycles. The van der Waals surface area contributed by atoms with Gasteiger partial charge in [0.15, 0.2) is 6.61 Å². The van der Waals surface area contributed by atoms with Gasteiger partial charge in [-0.05, 0) is 42.4 Å². The summed E-state index contributed by atoms with van der Waals surface area (Å²) in [6.45, 7) is 6.40. The number of hydrogen-bond acceptors (Lipinski definition) is 3. The molecule has 1 fully saturated rings. The van der Waals surface area contributed by atoms with Crippen molar-refractivity contribution in [1.29, 1.82) is 0 Å². The second-order valence-corrected chi connectivity index (χ2v) is 8.88. The van der Waals surface area contributed by atoms with Gasteiger partial charge in [0.2, 0.25) is 5.91 Å². The SMILES string of the molecule is CC(C)(C)CC(NC(=O)COc1cccc(NC(=O)C2CC2)c1)c1ccccc1. The maximum absolute atomic E-state index is 12.5. The zero-order chi connectivity index (χ0) is 20.9. The molecule has 29 heavy (non-hydrogen) atoms. The lowest BCUT2D eigenvalue weighted by Crippen LogP contribution is -2.34. The molecule has 1 unspecified atom stereocenters. The number of benzene rings is 2. The Balaban J connectivity index is 1.56. The molecule has 0 heterocycles. The minimum absolute atomic E-state index is 0.0489. The number of carbonyl (C=O) groups is 2. The second kappa shape index (κ2) is 9.12. The molecule has 0 aliphatic heterocycles. The Morgan fingerprint density at radius 1 is 1.07 bits per heavy atom. The Morgan fingerprint density at radius 2 is 1.79 bits per heavy atom. The summed E-state index contributed by atoms with van der Waals surface area (Å²) in [6, 6.07) is 17.1. The number of carbonyl (C=O) groups excluding carboxylic acids is 2. The molecule has 0 radical (unpaired) electrons. The zero-order valence-corrected chi connectivity index (χ0v) is 17.4. The first kappa shape index (κ1) is 20.9. The van der Waals surface area contributed by atoms with Crippen LogP contribution in [0.2, 0.25) is 0 Å². The summed E-state index contributed by atoms with van der Waals surface area (Å²) in [5, 5.41) is 5.99. The van der Waals surface area contributed by atoms with Crippen LogP contribution < -0.4 is 15.4 Å². The average molecular weight is 395 g/mol. The highest BCUT2D eigenvalue weighted by Gasteiger charge is 2.29. The normalized spacial score (nSPS) is 14.7. The van der Waals surface area contributed by atoms with Gasteiger partial charge >= 0.3 is 0 Å². The Hall–Kier alpha value is -2.82. The van der Waals surface area contributed by atoms with Crippen LogP contribution in [0, 0.1) is 11.3 Å². The molecule has 1 atom stereocenters. The number of hydrogen-bond donors (Lipinski definition) is 2. The van der Waals surface area contributed by atoms with Crippen molar-refractivity contribution in [2.75, 3.05) is 11.9 Å². The summed E-state index contributed by atoms with van der Waals surface area (Å²) in [4.78, 5) is 24.4. The average Bonchev–Trinajstić information content (AvgIpc) is 3.51. The van der Waals surface area contributed by atoms with Crippen molar-refractivity contribution in [3.05, 3.63) is 60.2 Å². The van der Waals surface area contributed by atoms with Gasteiger partial charge in [-0.25, -0.2) is 0 Å². The van der Waals surface area contributed by atoms with Crippen LogP contribution in [0.5, 0.6) is 5.75 Å². The van der Waals surface area contributed by atoms with Crippen molar-refractivity contribution < 1.29 is 14.3 Å². The van der Waals surface area contributed by atoms with Crippen molar-refractivity contribution in [1.82, 2.24) is 5.32 Å². The first-order valence-electron chi connectivity index (χ1n) is 10.2. The van der Waals surface area contributed by atoms with E-state index in [9.17, 15) is 9.59 Å². The summed E-state index contributed by atoms with van der Waals surface area (Å²) in [5.41, 5.74) is 1.85. The summed E-state index contributed by atoms with van der Waals surface area (Å²) in [7, 11) is 0. The zero-order valence-electron chi connectivity index (χ0n) is 17.4. The first-order valence-corrected chi connectivity index (χ1v) is 10.2. The number of ether oxygens (including phenoxy) is 1. The summed E-state index contributed by atoms with van der Waals surface area (Å²) >= 11 is 0. The molecule has 5 nitrogen and oxygen atoms in total. The standard InChI is InChI=1S/C24H30N2O3/c1-24(2,3)15-21(17-8-5-4-6-9-17)26-22(27)16-29-20-11-7-10-19(14-20)25-23(28)18-12-13-18/h4-11,14,18,21H,12-13,15-16H2,1-3H3,(H,25,28)(H,26,27). The molecule has 0 spiro atoms. The van der Waals surface area contributed by atoms with Gasteiger partial charge in [0, 0.05) is 17.7 Å². The van der Waals surface area contributed by atoms with E-state index in [-0.39, 0.29) is 35.8 Å². The number of nitrogens with one attached hydrogen (secondary N) is 2. The van der Waals surface area contributed by atoms with Gasteiger partial charge in [-0.2, -0.15) is 0 Å². The molecule has 5 heteroatoms. The molecule has 0 aromatic heterocycles. The molecule has 2 N–H and O–H groups in total. The van der Waals surface area contributed by atoms with E-state index in [1.54, 1.807) is 12.1 Å². The summed E-state index contributed by atoms with van der Waals surface area (Å²) in [6.07, 6.45) is 2.74. The van der Waals surface area contributed by atoms with Gasteiger partial charge in [0.1, 0.15) is 5.75 Å². The van der Waals surface area contributed by atoms with Crippen LogP contribution >= 0.6 is 0 Å². The van der Waals surface area contributed by atoms with Gasteiger partial charge in [0.05, 0.1) is 6.04 Å². The Labute approximate surface area is 172 Å². The lowest BCUT2D eigenvalue weighted by Gasteiger charge is -2.27. The molecule has 154 valence electrons. The fraction of sp³-hybridized carbons (Fsp3) is 0.417. The lowest BCUT2D eigenvalue weighted by molar-refractivity contribution is -0.124. The molecule has 1 saturated carbocycles. The smallest absolute Gasteiger partial charge is 0.258 e. The third kappa shape index (κ3) is 6.93. The molecule has 2 aromatic carbocycles. The van der Waals surface area contributed by atoms with Crippen LogP contribution in [0.25, 0.3) is 0 Å². The maximum Gasteiger partial charge on any atom is 0.258 e. The van der Waals surface area contributed by atoms with E-state index in [1.165, 1.54) is 0 Å². The fourth-order valence-electron chi connectivity index (χ4n) is 3.19. The summed E-state index contributed by atoms with van der Waals surface area (Å²) < 4.78 is 5.67. The molecule has 2 amide bonds. The van der Waals surface area contributed by atoms with E-state index in [2.05, 4.69) is 31.4 Å². The third-order valence-electron chi connectivity index (χ3n) is 4.77. The molecular formula is C24H30N2O3. The van der Waals surface area contributed by atoms with Gasteiger partial charge < -0.3 is 15.4 Å². The van der Waals surface area contributed by atoms with Crippen LogP contribution in [0.4, 0.5) is 5.69 Å². The van der Waals surface area contributed by atoms with Gasteiger partial charge in [-0.3, -0.25) is 9.59 Å². The predicted octanol–water partition coefficient (Wildman–Crippen LogP) is 4.71. The van der Waals surface area contributed by atoms with Gasteiger partial charge in [0.25, 0.3) is 5.91 Å². The fourth-order valence-corrected chi connectivity index (χ4v) is 3.19. The van der Waals surface area contributed by atoms with E-state index >= 15 is 0 Å². The largest absolute Gasteiger partial charge is 0.484 e. The monoisotopic (exact) mass is 394 g/mol. The topological polar surface area (TPSA) is 67.4 Å². The Bertz CT molecular complexity index is 839. The van der Waals surface area contributed by atoms with Gasteiger partial charge in [-0.1, -0.05) is 57.2 Å². The molecule has 1 aliphatic rings. The molecular weight excluding hydrogens is 364 g/mol. The van der Waals surface area contributed by atoms with E-state index in [0.717, 1.165) is 24.8 Å². The highest BCUT2D eigenvalue weighted by atomic mass is 16.5.